The molecule has 9 nitrogen and oxygen atoms in total. The van der Waals surface area contributed by atoms with Crippen molar-refractivity contribution in [1.82, 2.24) is 15.1 Å². The highest BCUT2D eigenvalue weighted by atomic mass is 32.2. The number of rotatable bonds is 29. The van der Waals surface area contributed by atoms with E-state index in [4.69, 9.17) is 0 Å². The average molecular weight is 724 g/mol. The summed E-state index contributed by atoms with van der Waals surface area (Å²) < 4.78 is 0. The van der Waals surface area contributed by atoms with Crippen molar-refractivity contribution in [2.75, 3.05) is 50.8 Å². The van der Waals surface area contributed by atoms with Gasteiger partial charge in [-0.05, 0) is 71.9 Å². The first-order valence-electron chi connectivity index (χ1n) is 17.5. The molecule has 0 heterocycles. The number of nitrogens with one attached hydrogen (secondary N) is 1. The van der Waals surface area contributed by atoms with Crippen LogP contribution < -0.4 is 5.32 Å². The zero-order valence-corrected chi connectivity index (χ0v) is 32.2. The van der Waals surface area contributed by atoms with Gasteiger partial charge in [0.2, 0.25) is 0 Å². The molecule has 280 valence electrons. The number of thioether (sulfide) groups is 2. The van der Waals surface area contributed by atoms with Gasteiger partial charge in [0, 0.05) is 50.8 Å². The van der Waals surface area contributed by atoms with Crippen molar-refractivity contribution in [2.45, 2.75) is 97.7 Å². The molecule has 49 heavy (non-hydrogen) atoms. The molecule has 0 rings (SSSR count). The van der Waals surface area contributed by atoms with Crippen molar-refractivity contribution in [1.29, 1.82) is 0 Å². The Morgan fingerprint density at radius 2 is 1.08 bits per heavy atom. The van der Waals surface area contributed by atoms with E-state index in [0.717, 1.165) is 55.6 Å². The molecular formula is C38H65N3O6S2. The second-order valence-corrected chi connectivity index (χ2v) is 14.5. The normalized spacial score (nSPS) is 16.0. The summed E-state index contributed by atoms with van der Waals surface area (Å²) in [6.07, 6.45) is 25.9. The van der Waals surface area contributed by atoms with E-state index in [9.17, 15) is 30.0 Å². The lowest BCUT2D eigenvalue weighted by atomic mass is 10.00. The summed E-state index contributed by atoms with van der Waals surface area (Å²) in [6, 6.07) is 0. The molecule has 0 aromatic carbocycles. The SMILES string of the molecule is C/C=C\C/C=C\C/C=C\CC(C)C(O)CN(CCSC(=O)CC(=O)SCCN(CC(C)O)CC(C)O)CC(O)N/C=C\C/C=C\C/C=C\C. The Labute approximate surface area is 305 Å². The van der Waals surface area contributed by atoms with Gasteiger partial charge in [0.15, 0.2) is 10.2 Å². The van der Waals surface area contributed by atoms with Crippen LogP contribution in [0.2, 0.25) is 0 Å². The van der Waals surface area contributed by atoms with Crippen LogP contribution in [0.4, 0.5) is 0 Å². The first-order valence-corrected chi connectivity index (χ1v) is 19.5. The van der Waals surface area contributed by atoms with Gasteiger partial charge >= 0.3 is 0 Å². The fourth-order valence-electron chi connectivity index (χ4n) is 4.58. The van der Waals surface area contributed by atoms with Crippen molar-refractivity contribution in [3.63, 3.8) is 0 Å². The molecule has 0 aromatic rings. The van der Waals surface area contributed by atoms with Gasteiger partial charge in [-0.25, -0.2) is 0 Å². The molecule has 0 saturated carbocycles. The van der Waals surface area contributed by atoms with Gasteiger partial charge < -0.3 is 25.7 Å². The summed E-state index contributed by atoms with van der Waals surface area (Å²) >= 11 is 2.18. The quantitative estimate of drug-likeness (QED) is 0.0383. The van der Waals surface area contributed by atoms with Crippen molar-refractivity contribution >= 4 is 33.8 Å². The molecule has 0 saturated heterocycles. The van der Waals surface area contributed by atoms with Crippen molar-refractivity contribution < 1.29 is 30.0 Å². The highest BCUT2D eigenvalue weighted by Crippen LogP contribution is 2.15. The maximum absolute atomic E-state index is 12.6. The number of carbonyl (C=O) groups excluding carboxylic acids is 2. The molecule has 0 fully saturated rings. The monoisotopic (exact) mass is 723 g/mol. The maximum atomic E-state index is 12.6. The lowest BCUT2D eigenvalue weighted by molar-refractivity contribution is -0.117. The van der Waals surface area contributed by atoms with Gasteiger partial charge in [-0.1, -0.05) is 97.3 Å². The van der Waals surface area contributed by atoms with Crippen LogP contribution in [0.1, 0.15) is 73.1 Å². The van der Waals surface area contributed by atoms with Crippen LogP contribution >= 0.6 is 23.5 Å². The molecule has 5 atom stereocenters. The van der Waals surface area contributed by atoms with Gasteiger partial charge in [0.25, 0.3) is 0 Å². The van der Waals surface area contributed by atoms with E-state index >= 15 is 0 Å². The second-order valence-electron chi connectivity index (χ2n) is 12.2. The fourth-order valence-corrected chi connectivity index (χ4v) is 6.30. The first-order chi connectivity index (χ1) is 23.5. The molecular weight excluding hydrogens is 659 g/mol. The Balaban J connectivity index is 4.97. The molecule has 0 bridgehead atoms. The third-order valence-electron chi connectivity index (χ3n) is 7.18. The van der Waals surface area contributed by atoms with Crippen LogP contribution in [0.15, 0.2) is 73.0 Å². The van der Waals surface area contributed by atoms with E-state index in [0.29, 0.717) is 44.2 Å². The van der Waals surface area contributed by atoms with Gasteiger partial charge in [-0.15, -0.1) is 0 Å². The third kappa shape index (κ3) is 30.6. The Hall–Kier alpha value is -1.96. The Morgan fingerprint density at radius 1 is 0.633 bits per heavy atom. The van der Waals surface area contributed by atoms with Crippen LogP contribution in [0.25, 0.3) is 0 Å². The lowest BCUT2D eigenvalue weighted by Crippen LogP contribution is -2.44. The van der Waals surface area contributed by atoms with E-state index in [1.54, 1.807) is 20.0 Å². The summed E-state index contributed by atoms with van der Waals surface area (Å²) in [6.45, 7) is 11.7. The minimum absolute atomic E-state index is 0.00567. The number of carbonyl (C=O) groups is 2. The number of allylic oxidation sites excluding steroid dienone is 11. The Bertz CT molecular complexity index is 1020. The van der Waals surface area contributed by atoms with E-state index < -0.39 is 24.5 Å². The minimum atomic E-state index is -0.860. The molecule has 0 aliphatic carbocycles. The zero-order chi connectivity index (χ0) is 36.7. The van der Waals surface area contributed by atoms with Crippen LogP contribution in [0.5, 0.6) is 0 Å². The predicted octanol–water partition coefficient (Wildman–Crippen LogP) is 5.45. The van der Waals surface area contributed by atoms with Crippen LogP contribution in [0.3, 0.4) is 0 Å². The lowest BCUT2D eigenvalue weighted by Gasteiger charge is -2.29. The standard InChI is InChI=1S/C38H65N3O6S2/c1-6-8-10-12-14-15-17-19-21-32(3)35(44)30-41(31-36(45)39-22-20-18-16-13-11-9-7-2)24-26-49-38(47)27-37(46)48-25-23-40(28-33(4)42)29-34(5)43/h6-9,12-14,16-17,19-20,22,32-36,39,42-45H,10-11,15,18,21,23-31H2,1-5H3/b8-6-,9-7-,14-12-,16-13-,19-17-,22-20-. The fraction of sp³-hybridized carbons (Fsp3) is 0.632. The molecule has 5 unspecified atom stereocenters. The largest absolute Gasteiger partial charge is 0.392 e. The van der Waals surface area contributed by atoms with Gasteiger partial charge in [0.05, 0.1) is 24.7 Å². The first kappa shape index (κ1) is 47.0. The van der Waals surface area contributed by atoms with E-state index in [1.807, 2.05) is 48.8 Å². The number of hydrogen-bond acceptors (Lipinski definition) is 11. The zero-order valence-electron chi connectivity index (χ0n) is 30.5. The summed E-state index contributed by atoms with van der Waals surface area (Å²) in [7, 11) is 0. The summed E-state index contributed by atoms with van der Waals surface area (Å²) in [5.41, 5.74) is 0. The van der Waals surface area contributed by atoms with Crippen LogP contribution in [0, 0.1) is 5.92 Å². The molecule has 0 aromatic heterocycles. The molecule has 5 N–H and O–H groups in total. The Kier molecular flexibility index (Phi) is 30.7. The number of nitrogens with zero attached hydrogens (tertiary/aromatic N) is 2. The molecule has 0 spiro atoms. The summed E-state index contributed by atoms with van der Waals surface area (Å²) in [4.78, 5) is 28.9. The van der Waals surface area contributed by atoms with Crippen molar-refractivity contribution in [2.24, 2.45) is 5.92 Å². The molecule has 0 aliphatic heterocycles. The Morgan fingerprint density at radius 3 is 1.57 bits per heavy atom. The van der Waals surface area contributed by atoms with E-state index in [-0.39, 0.29) is 29.1 Å². The van der Waals surface area contributed by atoms with Gasteiger partial charge in [-0.2, -0.15) is 0 Å². The van der Waals surface area contributed by atoms with Crippen LogP contribution in [-0.2, 0) is 9.59 Å². The van der Waals surface area contributed by atoms with Gasteiger partial charge in [-0.3, -0.25) is 19.4 Å². The topological polar surface area (TPSA) is 134 Å². The highest BCUT2D eigenvalue weighted by Gasteiger charge is 2.20. The number of aliphatic hydroxyl groups is 4. The number of hydrogen-bond donors (Lipinski definition) is 5. The third-order valence-corrected chi connectivity index (χ3v) is 8.89. The van der Waals surface area contributed by atoms with E-state index in [2.05, 4.69) is 53.9 Å². The predicted molar refractivity (Wildman–Crippen MR) is 209 cm³/mol. The summed E-state index contributed by atoms with van der Waals surface area (Å²) in [5.74, 6) is 0.896. The van der Waals surface area contributed by atoms with Gasteiger partial charge in [0.1, 0.15) is 6.23 Å². The van der Waals surface area contributed by atoms with E-state index in [1.165, 1.54) is 0 Å². The van der Waals surface area contributed by atoms with Crippen molar-refractivity contribution in [3.8, 4) is 0 Å². The summed E-state index contributed by atoms with van der Waals surface area (Å²) in [5, 5.41) is 43.6. The average Bonchev–Trinajstić information content (AvgIpc) is 3.02. The highest BCUT2D eigenvalue weighted by molar-refractivity contribution is 8.15. The maximum Gasteiger partial charge on any atom is 0.197 e. The molecule has 0 amide bonds. The van der Waals surface area contributed by atoms with Crippen molar-refractivity contribution in [3.05, 3.63) is 73.0 Å². The van der Waals surface area contributed by atoms with Crippen LogP contribution in [-0.4, -0.2) is 116 Å². The molecule has 11 heteroatoms. The second kappa shape index (κ2) is 32.0. The molecule has 0 aliphatic rings. The number of aliphatic hydroxyl groups excluding tert-OH is 4. The molecule has 0 radical (unpaired) electrons. The minimum Gasteiger partial charge on any atom is -0.392 e. The smallest absolute Gasteiger partial charge is 0.197 e.